The predicted octanol–water partition coefficient (Wildman–Crippen LogP) is 4.18. The van der Waals surface area contributed by atoms with Crippen molar-refractivity contribution in [2.24, 2.45) is 5.16 Å². The first-order chi connectivity index (χ1) is 10.2. The summed E-state index contributed by atoms with van der Waals surface area (Å²) in [7, 11) is 0. The van der Waals surface area contributed by atoms with Crippen molar-refractivity contribution in [3.05, 3.63) is 63.9 Å². The zero-order chi connectivity index (χ0) is 14.8. The number of halogens is 2. The molecular formula is C16H13ClFNO2. The summed E-state index contributed by atoms with van der Waals surface area (Å²) in [6.07, 6.45) is 1.43. The monoisotopic (exact) mass is 305 g/mol. The normalized spacial score (nSPS) is 15.2. The second-order valence-electron chi connectivity index (χ2n) is 4.83. The van der Waals surface area contributed by atoms with E-state index in [1.807, 2.05) is 18.2 Å². The number of hydrogen-bond donors (Lipinski definition) is 1. The van der Waals surface area contributed by atoms with Gasteiger partial charge in [0, 0.05) is 16.7 Å². The number of nitrogens with zero attached hydrogens (tertiary/aromatic N) is 1. The molecule has 2 aromatic rings. The lowest BCUT2D eigenvalue weighted by atomic mass is 10.1. The van der Waals surface area contributed by atoms with Gasteiger partial charge in [0.1, 0.15) is 18.2 Å². The molecule has 0 saturated carbocycles. The summed E-state index contributed by atoms with van der Waals surface area (Å²) >= 11 is 5.75. The topological polar surface area (TPSA) is 41.8 Å². The minimum absolute atomic E-state index is 0.0871. The number of rotatable bonds is 3. The number of oxime groups is 1. The second-order valence-corrected chi connectivity index (χ2v) is 5.24. The van der Waals surface area contributed by atoms with Gasteiger partial charge in [0.25, 0.3) is 0 Å². The molecule has 0 unspecified atom stereocenters. The minimum Gasteiger partial charge on any atom is -0.488 e. The van der Waals surface area contributed by atoms with Crippen LogP contribution in [0.2, 0.25) is 5.02 Å². The molecule has 0 heterocycles. The lowest BCUT2D eigenvalue weighted by molar-refractivity contribution is 0.297. The van der Waals surface area contributed by atoms with E-state index in [9.17, 15) is 4.39 Å². The highest BCUT2D eigenvalue weighted by Gasteiger charge is 2.21. The molecule has 0 aromatic heterocycles. The van der Waals surface area contributed by atoms with Gasteiger partial charge in [0.2, 0.25) is 0 Å². The molecule has 0 amide bonds. The Labute approximate surface area is 126 Å². The first kappa shape index (κ1) is 13.9. The van der Waals surface area contributed by atoms with Gasteiger partial charge in [-0.2, -0.15) is 0 Å². The first-order valence-electron chi connectivity index (χ1n) is 6.59. The van der Waals surface area contributed by atoms with Gasteiger partial charge in [-0.15, -0.1) is 0 Å². The van der Waals surface area contributed by atoms with Crippen LogP contribution in [0.4, 0.5) is 4.39 Å². The van der Waals surface area contributed by atoms with Crippen LogP contribution in [-0.2, 0) is 13.0 Å². The fourth-order valence-corrected chi connectivity index (χ4v) is 2.72. The van der Waals surface area contributed by atoms with Gasteiger partial charge in [0.15, 0.2) is 0 Å². The van der Waals surface area contributed by atoms with Crippen LogP contribution in [0, 0.1) is 5.82 Å². The van der Waals surface area contributed by atoms with Crippen molar-refractivity contribution in [1.29, 1.82) is 0 Å². The SMILES string of the molecule is O/N=C1/CCc2c(OCc3cccc(Cl)c3F)cccc21. The van der Waals surface area contributed by atoms with E-state index in [1.165, 1.54) is 6.07 Å². The average molecular weight is 306 g/mol. The highest BCUT2D eigenvalue weighted by Crippen LogP contribution is 2.31. The van der Waals surface area contributed by atoms with Crippen LogP contribution in [0.25, 0.3) is 0 Å². The van der Waals surface area contributed by atoms with Crippen molar-refractivity contribution in [3.8, 4) is 5.75 Å². The summed E-state index contributed by atoms with van der Waals surface area (Å²) in [5.74, 6) is 0.231. The Bertz CT molecular complexity index is 715. The van der Waals surface area contributed by atoms with Crippen LogP contribution in [0.3, 0.4) is 0 Å². The van der Waals surface area contributed by atoms with E-state index >= 15 is 0 Å². The summed E-state index contributed by atoms with van der Waals surface area (Å²) in [6.45, 7) is 0.106. The zero-order valence-corrected chi connectivity index (χ0v) is 11.9. The van der Waals surface area contributed by atoms with Crippen molar-refractivity contribution in [3.63, 3.8) is 0 Å². The Morgan fingerprint density at radius 2 is 2.00 bits per heavy atom. The molecule has 0 fully saturated rings. The lowest BCUT2D eigenvalue weighted by Gasteiger charge is -2.11. The molecule has 1 aliphatic rings. The van der Waals surface area contributed by atoms with Crippen LogP contribution in [0.15, 0.2) is 41.6 Å². The summed E-state index contributed by atoms with van der Waals surface area (Å²) in [5.41, 5.74) is 2.95. The van der Waals surface area contributed by atoms with Crippen LogP contribution in [0.5, 0.6) is 5.75 Å². The smallest absolute Gasteiger partial charge is 0.148 e. The van der Waals surface area contributed by atoms with E-state index in [-0.39, 0.29) is 11.6 Å². The molecule has 3 nitrogen and oxygen atoms in total. The maximum atomic E-state index is 13.8. The summed E-state index contributed by atoms with van der Waals surface area (Å²) in [5, 5.41) is 12.3. The molecule has 0 bridgehead atoms. The molecule has 3 rings (SSSR count). The molecule has 2 aromatic carbocycles. The third kappa shape index (κ3) is 2.59. The van der Waals surface area contributed by atoms with E-state index in [0.717, 1.165) is 17.5 Å². The second kappa shape index (κ2) is 5.74. The van der Waals surface area contributed by atoms with Crippen molar-refractivity contribution in [2.45, 2.75) is 19.4 Å². The molecule has 0 atom stereocenters. The van der Waals surface area contributed by atoms with E-state index in [0.29, 0.717) is 23.4 Å². The maximum absolute atomic E-state index is 13.8. The van der Waals surface area contributed by atoms with Crippen molar-refractivity contribution >= 4 is 17.3 Å². The highest BCUT2D eigenvalue weighted by molar-refractivity contribution is 6.30. The average Bonchev–Trinajstić information content (AvgIpc) is 2.92. The van der Waals surface area contributed by atoms with Gasteiger partial charge in [0.05, 0.1) is 10.7 Å². The molecule has 108 valence electrons. The fourth-order valence-electron chi connectivity index (χ4n) is 2.53. The lowest BCUT2D eigenvalue weighted by Crippen LogP contribution is -2.01. The molecule has 0 aliphatic heterocycles. The number of hydrogen-bond acceptors (Lipinski definition) is 3. The minimum atomic E-state index is -0.454. The van der Waals surface area contributed by atoms with Crippen LogP contribution >= 0.6 is 11.6 Å². The third-order valence-electron chi connectivity index (χ3n) is 3.59. The Hall–Kier alpha value is -2.07. The van der Waals surface area contributed by atoms with Crippen LogP contribution < -0.4 is 4.74 Å². The fraction of sp³-hybridized carbons (Fsp3) is 0.188. The summed E-state index contributed by atoms with van der Waals surface area (Å²) in [6, 6.07) is 10.4. The standard InChI is InChI=1S/C16H13ClFNO2/c17-13-5-1-3-10(16(13)18)9-21-15-6-2-4-11-12(15)7-8-14(11)19-20/h1-6,20H,7-9H2/b19-14-. The Kier molecular flexibility index (Phi) is 3.80. The van der Waals surface area contributed by atoms with E-state index in [1.54, 1.807) is 12.1 Å². The molecule has 0 saturated heterocycles. The quantitative estimate of drug-likeness (QED) is 0.682. The Morgan fingerprint density at radius 3 is 2.81 bits per heavy atom. The van der Waals surface area contributed by atoms with Gasteiger partial charge in [-0.1, -0.05) is 41.0 Å². The first-order valence-corrected chi connectivity index (χ1v) is 6.97. The number of ether oxygens (including phenoxy) is 1. The maximum Gasteiger partial charge on any atom is 0.148 e. The van der Waals surface area contributed by atoms with E-state index < -0.39 is 5.82 Å². The van der Waals surface area contributed by atoms with Gasteiger partial charge in [-0.3, -0.25) is 0 Å². The Balaban J connectivity index is 1.84. The molecule has 0 spiro atoms. The van der Waals surface area contributed by atoms with Crippen LogP contribution in [-0.4, -0.2) is 10.9 Å². The summed E-state index contributed by atoms with van der Waals surface area (Å²) < 4.78 is 19.6. The van der Waals surface area contributed by atoms with Crippen molar-refractivity contribution < 1.29 is 14.3 Å². The zero-order valence-electron chi connectivity index (χ0n) is 11.1. The molecule has 1 aliphatic carbocycles. The molecule has 5 heteroatoms. The van der Waals surface area contributed by atoms with Gasteiger partial charge in [-0.25, -0.2) is 4.39 Å². The molecule has 1 N–H and O–H groups in total. The third-order valence-corrected chi connectivity index (χ3v) is 3.88. The highest BCUT2D eigenvalue weighted by atomic mass is 35.5. The number of benzene rings is 2. The number of fused-ring (bicyclic) bond motifs is 1. The molecule has 0 radical (unpaired) electrons. The van der Waals surface area contributed by atoms with Crippen molar-refractivity contribution in [2.75, 3.05) is 0 Å². The van der Waals surface area contributed by atoms with Gasteiger partial charge in [-0.05, 0) is 25.0 Å². The van der Waals surface area contributed by atoms with Gasteiger partial charge >= 0.3 is 0 Å². The van der Waals surface area contributed by atoms with E-state index in [2.05, 4.69) is 5.16 Å². The van der Waals surface area contributed by atoms with Gasteiger partial charge < -0.3 is 9.94 Å². The molecular weight excluding hydrogens is 293 g/mol. The van der Waals surface area contributed by atoms with Crippen LogP contribution in [0.1, 0.15) is 23.1 Å². The van der Waals surface area contributed by atoms with Crippen molar-refractivity contribution in [1.82, 2.24) is 0 Å². The molecule has 21 heavy (non-hydrogen) atoms. The van der Waals surface area contributed by atoms with E-state index in [4.69, 9.17) is 21.5 Å². The Morgan fingerprint density at radius 1 is 1.19 bits per heavy atom. The summed E-state index contributed by atoms with van der Waals surface area (Å²) in [4.78, 5) is 0. The predicted molar refractivity (Wildman–Crippen MR) is 78.8 cm³/mol. The largest absolute Gasteiger partial charge is 0.488 e.